The number of nitrogens with zero attached hydrogens (tertiary/aromatic N) is 6. The highest BCUT2D eigenvalue weighted by Gasteiger charge is 2.52. The summed E-state index contributed by atoms with van der Waals surface area (Å²) in [5, 5.41) is 0. The van der Waals surface area contributed by atoms with E-state index in [-0.39, 0.29) is 5.41 Å². The number of aromatic nitrogens is 6. The van der Waals surface area contributed by atoms with Gasteiger partial charge in [0.25, 0.3) is 0 Å². The molecule has 3 aromatic heterocycles. The molecule has 0 saturated carbocycles. The molecular weight excluding hydrogens is 1330 g/mol. The van der Waals surface area contributed by atoms with Gasteiger partial charge in [0.2, 0.25) is 0 Å². The van der Waals surface area contributed by atoms with Crippen molar-refractivity contribution in [3.63, 3.8) is 0 Å². The summed E-state index contributed by atoms with van der Waals surface area (Å²) >= 11 is 0. The summed E-state index contributed by atoms with van der Waals surface area (Å²) in [6, 6.07) is 138. The molecule has 0 N–H and O–H groups in total. The van der Waals surface area contributed by atoms with Crippen molar-refractivity contribution in [2.75, 3.05) is 0 Å². The van der Waals surface area contributed by atoms with Crippen LogP contribution in [0.25, 0.3) is 168 Å². The molecule has 6 nitrogen and oxygen atoms in total. The number of hydrogen-bond donors (Lipinski definition) is 0. The van der Waals surface area contributed by atoms with Crippen LogP contribution in [0.1, 0.15) is 50.9 Å². The van der Waals surface area contributed by atoms with Crippen LogP contribution in [0.3, 0.4) is 0 Å². The summed E-state index contributed by atoms with van der Waals surface area (Å²) in [7, 11) is 0. The summed E-state index contributed by atoms with van der Waals surface area (Å²) in [6.45, 7) is 0. The zero-order valence-corrected chi connectivity index (χ0v) is 59.9. The number of rotatable bonds is 10. The normalized spacial score (nSPS) is 13.5. The van der Waals surface area contributed by atoms with Gasteiger partial charge >= 0.3 is 0 Å². The van der Waals surface area contributed by atoms with Crippen LogP contribution in [0, 0.1) is 0 Å². The third-order valence-corrected chi connectivity index (χ3v) is 24.3. The van der Waals surface area contributed by atoms with E-state index in [4.69, 9.17) is 19.9 Å². The van der Waals surface area contributed by atoms with Crippen LogP contribution >= 0.6 is 0 Å². The van der Waals surface area contributed by atoms with Crippen molar-refractivity contribution < 1.29 is 0 Å². The first-order valence-electron chi connectivity index (χ1n) is 38.1. The fourth-order valence-electron chi connectivity index (χ4n) is 19.3. The zero-order chi connectivity index (χ0) is 72.2. The second-order valence-electron chi connectivity index (χ2n) is 29.8. The molecule has 4 aliphatic rings. The number of imidazole rings is 2. The monoisotopic (exact) mass is 1400 g/mol. The topological polar surface area (TPSA) is 61.4 Å². The molecule has 6 heteroatoms. The number of fused-ring (bicyclic) bond motifs is 20. The molecule has 0 radical (unpaired) electrons. The lowest BCUT2D eigenvalue weighted by Gasteiger charge is -2.30. The van der Waals surface area contributed by atoms with Crippen molar-refractivity contribution in [2.45, 2.75) is 23.7 Å². The van der Waals surface area contributed by atoms with Gasteiger partial charge in [-0.2, -0.15) is 0 Å². The Morgan fingerprint density at radius 2 is 0.545 bits per heavy atom. The van der Waals surface area contributed by atoms with Crippen LogP contribution in [0.15, 0.2) is 376 Å². The van der Waals surface area contributed by atoms with E-state index < -0.39 is 5.41 Å². The molecule has 3 heterocycles. The van der Waals surface area contributed by atoms with E-state index in [1.165, 1.54) is 77.9 Å². The number of hydrogen-bond acceptors (Lipinski definition) is 4. The molecule has 0 unspecified atom stereocenters. The van der Waals surface area contributed by atoms with Gasteiger partial charge in [-0.05, 0) is 185 Å². The van der Waals surface area contributed by atoms with Gasteiger partial charge in [-0.1, -0.05) is 315 Å². The van der Waals surface area contributed by atoms with Gasteiger partial charge in [0.15, 0.2) is 0 Å². The Bertz CT molecular complexity index is 6880. The van der Waals surface area contributed by atoms with Gasteiger partial charge in [-0.3, -0.25) is 9.13 Å². The SMILES string of the molecule is c1ccc(-n2c(-c3ccc(-c4ccc(-c5nc6c(-c7ccc8c(c7)C7(CC8)c8ccccc8-c8ccccc87)ccc(-c7ccc8c(c7)C7(c9ccccc9-c9ccccc97)c7ccccc7-8)c6nc5-c5ccc(-c6ccc(-c7nc8ccccc8n7-c7ccccc7)cc6)cc5)cc4)cc3)nc3ccccc32)cc1. The smallest absolute Gasteiger partial charge is 0.145 e. The van der Waals surface area contributed by atoms with E-state index in [1.807, 2.05) is 0 Å². The molecule has 23 rings (SSSR count). The van der Waals surface area contributed by atoms with Crippen molar-refractivity contribution in [3.05, 3.63) is 421 Å². The minimum atomic E-state index is -0.539. The zero-order valence-electron chi connectivity index (χ0n) is 59.9. The van der Waals surface area contributed by atoms with Crippen LogP contribution in [0.4, 0.5) is 0 Å². The summed E-state index contributed by atoms with van der Waals surface area (Å²) in [5.41, 5.74) is 39.8. The maximum atomic E-state index is 6.16. The second kappa shape index (κ2) is 24.2. The molecule has 16 aromatic carbocycles. The third kappa shape index (κ3) is 9.11. The molecule has 0 saturated heterocycles. The molecule has 4 aliphatic carbocycles. The Hall–Kier alpha value is -14.2. The fourth-order valence-corrected chi connectivity index (χ4v) is 19.3. The van der Waals surface area contributed by atoms with E-state index in [0.29, 0.717) is 0 Å². The van der Waals surface area contributed by atoms with Gasteiger partial charge in [-0.15, -0.1) is 0 Å². The molecular formula is C104H66N6. The Labute approximate surface area is 636 Å². The minimum Gasteiger partial charge on any atom is -0.292 e. The average molecular weight is 1400 g/mol. The van der Waals surface area contributed by atoms with Gasteiger partial charge in [-0.25, -0.2) is 19.9 Å². The second-order valence-corrected chi connectivity index (χ2v) is 29.8. The maximum Gasteiger partial charge on any atom is 0.145 e. The van der Waals surface area contributed by atoms with Crippen molar-refractivity contribution in [2.24, 2.45) is 0 Å². The van der Waals surface area contributed by atoms with Crippen molar-refractivity contribution in [1.82, 2.24) is 29.1 Å². The Morgan fingerprint density at radius 3 is 0.982 bits per heavy atom. The first-order valence-corrected chi connectivity index (χ1v) is 38.1. The molecule has 0 aliphatic heterocycles. The average Bonchev–Trinajstić information content (AvgIpc) is 1.49. The van der Waals surface area contributed by atoms with Gasteiger partial charge in [0.05, 0.1) is 49.9 Å². The lowest BCUT2D eigenvalue weighted by molar-refractivity contribution is 0.626. The number of aryl methyl sites for hydroxylation is 1. The van der Waals surface area contributed by atoms with Crippen molar-refractivity contribution >= 4 is 33.1 Å². The summed E-state index contributed by atoms with van der Waals surface area (Å²) in [6.07, 6.45) is 1.99. The molecule has 512 valence electrons. The number of benzene rings is 16. The summed E-state index contributed by atoms with van der Waals surface area (Å²) in [5.74, 6) is 1.80. The predicted molar refractivity (Wildman–Crippen MR) is 449 cm³/mol. The molecule has 19 aromatic rings. The first-order chi connectivity index (χ1) is 54.5. The summed E-state index contributed by atoms with van der Waals surface area (Å²) in [4.78, 5) is 22.7. The van der Waals surface area contributed by atoms with E-state index in [9.17, 15) is 0 Å². The third-order valence-electron chi connectivity index (χ3n) is 24.3. The van der Waals surface area contributed by atoms with Crippen LogP contribution < -0.4 is 0 Å². The molecule has 110 heavy (non-hydrogen) atoms. The van der Waals surface area contributed by atoms with E-state index in [1.54, 1.807) is 0 Å². The predicted octanol–water partition coefficient (Wildman–Crippen LogP) is 25.2. The highest BCUT2D eigenvalue weighted by Crippen LogP contribution is 2.64. The van der Waals surface area contributed by atoms with E-state index in [2.05, 4.69) is 385 Å². The molecule has 0 atom stereocenters. The first kappa shape index (κ1) is 62.0. The molecule has 0 amide bonds. The van der Waals surface area contributed by atoms with Gasteiger partial charge in [0.1, 0.15) is 11.6 Å². The van der Waals surface area contributed by atoms with E-state index in [0.717, 1.165) is 147 Å². The Balaban J connectivity index is 0.712. The maximum absolute atomic E-state index is 6.16. The largest absolute Gasteiger partial charge is 0.292 e. The fraction of sp³-hybridized carbons (Fsp3) is 0.0385. The molecule has 0 fully saturated rings. The molecule has 0 bridgehead atoms. The summed E-state index contributed by atoms with van der Waals surface area (Å²) < 4.78 is 4.52. The standard InChI is InChI=1S/C104H66N6/c1-3-21-76(22-4-1)109-95-37-19-17-35-93(95)105-101(109)72-52-43-67(44-53-72)65-39-48-70(49-40-65)97-98(71-50-41-66(42-51-71)68-45-54-73(55-46-68)102-106-94-36-18-20-38-96(94)110(102)77-23-5-2-6-24-77)108-100-79(75-57-58-85-84-29-11-16-34-90(84)104(92(85)64-75)88-32-14-9-27-82(88)83-28-10-15-33-89(83)104)60-59-78(99(100)107-97)74-56-47-69-61-62-103(91(69)63-74)86-30-12-7-25-80(86)81-26-8-13-31-87(81)103/h1-60,63-64H,61-62H2. The Kier molecular flexibility index (Phi) is 13.6. The van der Waals surface area contributed by atoms with E-state index >= 15 is 0 Å². The van der Waals surface area contributed by atoms with Crippen LogP contribution in [0.2, 0.25) is 0 Å². The van der Waals surface area contributed by atoms with Gasteiger partial charge in [0, 0.05) is 50.2 Å². The Morgan fingerprint density at radius 1 is 0.227 bits per heavy atom. The van der Waals surface area contributed by atoms with Crippen LogP contribution in [-0.4, -0.2) is 29.1 Å². The molecule has 2 spiro atoms. The quantitative estimate of drug-likeness (QED) is 0.137. The lowest BCUT2D eigenvalue weighted by Crippen LogP contribution is -2.25. The minimum absolute atomic E-state index is 0.288. The lowest BCUT2D eigenvalue weighted by atomic mass is 9.70. The van der Waals surface area contributed by atoms with Crippen molar-refractivity contribution in [1.29, 1.82) is 0 Å². The van der Waals surface area contributed by atoms with Gasteiger partial charge < -0.3 is 0 Å². The number of para-hydroxylation sites is 6. The van der Waals surface area contributed by atoms with Crippen LogP contribution in [0.5, 0.6) is 0 Å². The highest BCUT2D eigenvalue weighted by molar-refractivity contribution is 6.05. The highest BCUT2D eigenvalue weighted by atomic mass is 15.1. The van der Waals surface area contributed by atoms with Crippen LogP contribution in [-0.2, 0) is 17.3 Å². The van der Waals surface area contributed by atoms with Crippen molar-refractivity contribution in [3.8, 4) is 135 Å².